The Kier molecular flexibility index (Phi) is 4.06. The Balaban J connectivity index is 1.73. The second-order valence-electron chi connectivity index (χ2n) is 6.65. The van der Waals surface area contributed by atoms with Crippen molar-refractivity contribution in [1.29, 1.82) is 0 Å². The molecule has 1 N–H and O–H groups in total. The van der Waals surface area contributed by atoms with E-state index in [0.29, 0.717) is 11.3 Å². The average Bonchev–Trinajstić information content (AvgIpc) is 3.23. The molecule has 134 valence electrons. The number of rotatable bonds is 3. The van der Waals surface area contributed by atoms with Crippen LogP contribution in [0.4, 0.5) is 15.9 Å². The molecule has 1 saturated heterocycles. The van der Waals surface area contributed by atoms with Gasteiger partial charge in [0.2, 0.25) is 5.91 Å². The Morgan fingerprint density at radius 3 is 3.00 bits per heavy atom. The fourth-order valence-electron chi connectivity index (χ4n) is 3.63. The van der Waals surface area contributed by atoms with E-state index in [1.165, 1.54) is 13.0 Å². The molecule has 4 rings (SSSR count). The van der Waals surface area contributed by atoms with Gasteiger partial charge in [0.05, 0.1) is 12.2 Å². The molecule has 1 atom stereocenters. The lowest BCUT2D eigenvalue weighted by atomic mass is 9.99. The monoisotopic (exact) mass is 353 g/mol. The van der Waals surface area contributed by atoms with Gasteiger partial charge in [-0.25, -0.2) is 13.9 Å². The molecule has 1 aromatic carbocycles. The van der Waals surface area contributed by atoms with Gasteiger partial charge in [0.25, 0.3) is 0 Å². The summed E-state index contributed by atoms with van der Waals surface area (Å²) in [6.07, 6.45) is 5.39. The fourth-order valence-corrected chi connectivity index (χ4v) is 3.63. The number of hydrogen-bond acceptors (Lipinski definition) is 4. The minimum atomic E-state index is -0.218. The summed E-state index contributed by atoms with van der Waals surface area (Å²) < 4.78 is 15.4. The van der Waals surface area contributed by atoms with Crippen molar-refractivity contribution in [3.05, 3.63) is 53.6 Å². The Morgan fingerprint density at radius 2 is 2.19 bits per heavy atom. The molecule has 1 amide bonds. The van der Waals surface area contributed by atoms with Crippen molar-refractivity contribution in [2.75, 3.05) is 16.8 Å². The smallest absolute Gasteiger partial charge is 0.221 e. The highest BCUT2D eigenvalue weighted by atomic mass is 19.1. The van der Waals surface area contributed by atoms with Gasteiger partial charge in [-0.15, -0.1) is 0 Å². The van der Waals surface area contributed by atoms with E-state index in [1.807, 2.05) is 25.3 Å². The number of benzene rings is 1. The van der Waals surface area contributed by atoms with E-state index in [2.05, 4.69) is 15.3 Å². The first kappa shape index (κ1) is 16.5. The largest absolute Gasteiger partial charge is 0.349 e. The van der Waals surface area contributed by atoms with Crippen molar-refractivity contribution in [1.82, 2.24) is 14.6 Å². The average molecular weight is 353 g/mol. The van der Waals surface area contributed by atoms with E-state index < -0.39 is 0 Å². The highest BCUT2D eigenvalue weighted by Crippen LogP contribution is 2.37. The molecule has 26 heavy (non-hydrogen) atoms. The highest BCUT2D eigenvalue weighted by Gasteiger charge is 2.29. The predicted molar refractivity (Wildman–Crippen MR) is 97.7 cm³/mol. The molecule has 0 unspecified atom stereocenters. The molecular weight excluding hydrogens is 333 g/mol. The van der Waals surface area contributed by atoms with Gasteiger partial charge in [-0.05, 0) is 49.1 Å². The molecule has 7 heteroatoms. The lowest BCUT2D eigenvalue weighted by molar-refractivity contribution is -0.114. The molecule has 1 aliphatic heterocycles. The number of fused-ring (bicyclic) bond motifs is 1. The number of nitrogens with zero attached hydrogens (tertiary/aromatic N) is 4. The molecule has 1 aliphatic rings. The second-order valence-corrected chi connectivity index (χ2v) is 6.65. The standard InChI is InChI=1S/C19H20FN5O/c1-12-5-6-14(20)10-15(12)17-4-3-8-24(17)18-7-9-25-19(23-18)16(11-21-25)22-13(2)26/h5-7,9-11,17H,3-4,8H2,1-2H3,(H,22,26)/t17-/m1/s1. The van der Waals surface area contributed by atoms with Crippen LogP contribution in [0.15, 0.2) is 36.7 Å². The summed E-state index contributed by atoms with van der Waals surface area (Å²) in [7, 11) is 0. The van der Waals surface area contributed by atoms with Crippen LogP contribution in [0.25, 0.3) is 5.65 Å². The third kappa shape index (κ3) is 2.89. The van der Waals surface area contributed by atoms with Crippen molar-refractivity contribution < 1.29 is 9.18 Å². The zero-order chi connectivity index (χ0) is 18.3. The maximum atomic E-state index is 13.8. The lowest BCUT2D eigenvalue weighted by Gasteiger charge is -2.27. The van der Waals surface area contributed by atoms with Crippen molar-refractivity contribution in [3.63, 3.8) is 0 Å². The van der Waals surface area contributed by atoms with Crippen LogP contribution >= 0.6 is 0 Å². The first-order chi connectivity index (χ1) is 12.5. The summed E-state index contributed by atoms with van der Waals surface area (Å²) in [4.78, 5) is 18.3. The quantitative estimate of drug-likeness (QED) is 0.783. The highest BCUT2D eigenvalue weighted by molar-refractivity contribution is 5.92. The number of aryl methyl sites for hydroxylation is 1. The van der Waals surface area contributed by atoms with Crippen LogP contribution in [-0.2, 0) is 4.79 Å². The van der Waals surface area contributed by atoms with Crippen molar-refractivity contribution in [2.24, 2.45) is 0 Å². The topological polar surface area (TPSA) is 62.5 Å². The summed E-state index contributed by atoms with van der Waals surface area (Å²) in [6, 6.07) is 6.94. The number of amides is 1. The number of hydrogen-bond donors (Lipinski definition) is 1. The van der Waals surface area contributed by atoms with Crippen molar-refractivity contribution in [3.8, 4) is 0 Å². The summed E-state index contributed by atoms with van der Waals surface area (Å²) in [5, 5.41) is 6.97. The van der Waals surface area contributed by atoms with Gasteiger partial charge in [0, 0.05) is 19.7 Å². The Hall–Kier alpha value is -2.96. The first-order valence-corrected chi connectivity index (χ1v) is 8.67. The van der Waals surface area contributed by atoms with E-state index in [9.17, 15) is 9.18 Å². The van der Waals surface area contributed by atoms with Gasteiger partial charge in [-0.3, -0.25) is 4.79 Å². The Morgan fingerprint density at radius 1 is 1.35 bits per heavy atom. The van der Waals surface area contributed by atoms with E-state index in [1.54, 1.807) is 16.8 Å². The zero-order valence-corrected chi connectivity index (χ0v) is 14.7. The molecule has 3 heterocycles. The molecule has 3 aromatic rings. The number of nitrogens with one attached hydrogen (secondary N) is 1. The Bertz CT molecular complexity index is 983. The Labute approximate surface area is 150 Å². The SMILES string of the molecule is CC(=O)Nc1cnn2ccc(N3CCC[C@@H]3c3cc(F)ccc3C)nc12. The molecule has 6 nitrogen and oxygen atoms in total. The number of aromatic nitrogens is 3. The van der Waals surface area contributed by atoms with Gasteiger partial charge in [0.15, 0.2) is 5.65 Å². The summed E-state index contributed by atoms with van der Waals surface area (Å²) >= 11 is 0. The van der Waals surface area contributed by atoms with Gasteiger partial charge in [-0.1, -0.05) is 6.07 Å². The van der Waals surface area contributed by atoms with E-state index in [0.717, 1.165) is 36.3 Å². The van der Waals surface area contributed by atoms with Crippen LogP contribution in [0.5, 0.6) is 0 Å². The number of anilines is 2. The molecule has 0 saturated carbocycles. The van der Waals surface area contributed by atoms with Crippen molar-refractivity contribution in [2.45, 2.75) is 32.7 Å². The molecule has 2 aromatic heterocycles. The van der Waals surface area contributed by atoms with Gasteiger partial charge in [0.1, 0.15) is 17.3 Å². The normalized spacial score (nSPS) is 17.0. The van der Waals surface area contributed by atoms with E-state index >= 15 is 0 Å². The summed E-state index contributed by atoms with van der Waals surface area (Å²) in [5.41, 5.74) is 3.25. The molecule has 0 aliphatic carbocycles. The van der Waals surface area contributed by atoms with Crippen LogP contribution in [-0.4, -0.2) is 27.0 Å². The zero-order valence-electron chi connectivity index (χ0n) is 14.7. The van der Waals surface area contributed by atoms with Crippen LogP contribution < -0.4 is 10.2 Å². The predicted octanol–water partition coefficient (Wildman–Crippen LogP) is 3.48. The van der Waals surface area contributed by atoms with Crippen LogP contribution in [0.1, 0.15) is 36.9 Å². The van der Waals surface area contributed by atoms with E-state index in [-0.39, 0.29) is 17.8 Å². The maximum Gasteiger partial charge on any atom is 0.221 e. The summed E-state index contributed by atoms with van der Waals surface area (Å²) in [6.45, 7) is 4.32. The minimum absolute atomic E-state index is 0.0905. The van der Waals surface area contributed by atoms with Gasteiger partial charge < -0.3 is 10.2 Å². The van der Waals surface area contributed by atoms with E-state index in [4.69, 9.17) is 4.98 Å². The van der Waals surface area contributed by atoms with Crippen molar-refractivity contribution >= 4 is 23.1 Å². The van der Waals surface area contributed by atoms with Crippen LogP contribution in [0, 0.1) is 12.7 Å². The molecule has 1 fully saturated rings. The minimum Gasteiger partial charge on any atom is -0.349 e. The molecule has 0 spiro atoms. The lowest BCUT2D eigenvalue weighted by Crippen LogP contribution is -2.24. The second kappa shape index (κ2) is 6.40. The number of carbonyl (C=O) groups excluding carboxylic acids is 1. The third-order valence-electron chi connectivity index (χ3n) is 4.81. The fraction of sp³-hybridized carbons (Fsp3) is 0.316. The van der Waals surface area contributed by atoms with Gasteiger partial charge in [-0.2, -0.15) is 5.10 Å². The first-order valence-electron chi connectivity index (χ1n) is 8.67. The maximum absolute atomic E-state index is 13.8. The number of halogens is 1. The van der Waals surface area contributed by atoms with Crippen LogP contribution in [0.2, 0.25) is 0 Å². The molecular formula is C19H20FN5O. The summed E-state index contributed by atoms with van der Waals surface area (Å²) in [5.74, 6) is 0.418. The third-order valence-corrected chi connectivity index (χ3v) is 4.81. The molecule has 0 radical (unpaired) electrons. The molecule has 0 bridgehead atoms. The van der Waals surface area contributed by atoms with Gasteiger partial charge >= 0.3 is 0 Å². The van der Waals surface area contributed by atoms with Crippen LogP contribution in [0.3, 0.4) is 0 Å². The number of carbonyl (C=O) groups is 1.